The van der Waals surface area contributed by atoms with Crippen molar-refractivity contribution in [3.05, 3.63) is 71.8 Å². The summed E-state index contributed by atoms with van der Waals surface area (Å²) in [5.74, 6) is 0. The average molecular weight is 343 g/mol. The second-order valence-electron chi connectivity index (χ2n) is 6.43. The number of nitrogens with zero attached hydrogens (tertiary/aromatic N) is 1. The van der Waals surface area contributed by atoms with E-state index in [4.69, 9.17) is 4.52 Å². The molecule has 0 radical (unpaired) electrons. The fourth-order valence-electron chi connectivity index (χ4n) is 3.41. The van der Waals surface area contributed by atoms with E-state index in [0.717, 1.165) is 31.5 Å². The van der Waals surface area contributed by atoms with E-state index in [2.05, 4.69) is 35.9 Å². The Balaban J connectivity index is 2.01. The van der Waals surface area contributed by atoms with Gasteiger partial charge in [0.2, 0.25) is 0 Å². The van der Waals surface area contributed by atoms with Gasteiger partial charge in [-0.3, -0.25) is 4.57 Å². The Kier molecular flexibility index (Phi) is 5.55. The lowest BCUT2D eigenvalue weighted by molar-refractivity contribution is 0.137. The Morgan fingerprint density at radius 3 is 2.38 bits per heavy atom. The number of rotatable bonds is 5. The highest BCUT2D eigenvalue weighted by Crippen LogP contribution is 2.66. The monoisotopic (exact) mass is 343 g/mol. The maximum Gasteiger partial charge on any atom is 0.280 e. The van der Waals surface area contributed by atoms with E-state index in [1.165, 1.54) is 5.56 Å². The molecule has 2 aromatic rings. The van der Waals surface area contributed by atoms with Gasteiger partial charge in [0.05, 0.1) is 11.8 Å². The highest BCUT2D eigenvalue weighted by molar-refractivity contribution is 7.57. The summed E-state index contributed by atoms with van der Waals surface area (Å²) < 4.78 is 22.2. The van der Waals surface area contributed by atoms with Crippen LogP contribution in [0.15, 0.2) is 60.7 Å². The van der Waals surface area contributed by atoms with Crippen molar-refractivity contribution in [3.63, 3.8) is 0 Å². The fourth-order valence-corrected chi connectivity index (χ4v) is 6.48. The van der Waals surface area contributed by atoms with Gasteiger partial charge >= 0.3 is 0 Å². The Bertz CT molecular complexity index is 689. The van der Waals surface area contributed by atoms with Crippen LogP contribution < -0.4 is 0 Å². The third-order valence-electron chi connectivity index (χ3n) is 4.73. The van der Waals surface area contributed by atoms with Gasteiger partial charge in [-0.15, -0.1) is 0 Å². The molecule has 0 amide bonds. The average Bonchev–Trinajstić information content (AvgIpc) is 2.61. The van der Waals surface area contributed by atoms with Crippen molar-refractivity contribution in [1.82, 2.24) is 4.67 Å². The van der Waals surface area contributed by atoms with Crippen LogP contribution >= 0.6 is 7.52 Å². The predicted octanol–water partition coefficient (Wildman–Crippen LogP) is 5.29. The van der Waals surface area contributed by atoms with Crippen LogP contribution in [0.1, 0.15) is 37.1 Å². The van der Waals surface area contributed by atoms with Crippen molar-refractivity contribution >= 4 is 7.52 Å². The van der Waals surface area contributed by atoms with Crippen LogP contribution in [0.3, 0.4) is 0 Å². The van der Waals surface area contributed by atoms with Gasteiger partial charge in [0.25, 0.3) is 7.52 Å². The quantitative estimate of drug-likeness (QED) is 0.691. The normalized spacial score (nSPS) is 26.2. The number of hydrogen-bond donors (Lipinski definition) is 0. The van der Waals surface area contributed by atoms with Crippen LogP contribution in [-0.4, -0.2) is 23.9 Å². The Hall–Kier alpha value is -1.41. The van der Waals surface area contributed by atoms with Crippen molar-refractivity contribution in [2.45, 2.75) is 38.5 Å². The molecule has 3 nitrogen and oxygen atoms in total. The summed E-state index contributed by atoms with van der Waals surface area (Å²) in [7, 11) is -2.94. The summed E-state index contributed by atoms with van der Waals surface area (Å²) >= 11 is 0. The minimum absolute atomic E-state index is 0.0422. The zero-order valence-electron chi connectivity index (χ0n) is 14.5. The van der Waals surface area contributed by atoms with Gasteiger partial charge in [-0.25, -0.2) is 4.67 Å². The lowest BCUT2D eigenvalue weighted by Gasteiger charge is -2.41. The van der Waals surface area contributed by atoms with E-state index < -0.39 is 7.52 Å². The lowest BCUT2D eigenvalue weighted by atomic mass is 10.0. The van der Waals surface area contributed by atoms with Gasteiger partial charge in [0, 0.05) is 13.1 Å². The molecule has 0 saturated carbocycles. The molecule has 0 N–H and O–H groups in total. The molecular formula is C20H26NO2P. The van der Waals surface area contributed by atoms with Crippen LogP contribution in [0.5, 0.6) is 0 Å². The molecule has 2 aromatic carbocycles. The lowest BCUT2D eigenvalue weighted by Crippen LogP contribution is -2.34. The summed E-state index contributed by atoms with van der Waals surface area (Å²) in [6.45, 7) is 5.69. The second-order valence-corrected chi connectivity index (χ2v) is 8.96. The third kappa shape index (κ3) is 3.64. The molecular weight excluding hydrogens is 317 g/mol. The van der Waals surface area contributed by atoms with Crippen molar-refractivity contribution in [1.29, 1.82) is 0 Å². The summed E-state index contributed by atoms with van der Waals surface area (Å²) in [5, 5.41) is 0. The third-order valence-corrected chi connectivity index (χ3v) is 7.94. The van der Waals surface area contributed by atoms with Crippen LogP contribution in [0, 0.1) is 0 Å². The van der Waals surface area contributed by atoms with E-state index in [1.807, 2.05) is 43.3 Å². The molecule has 1 aliphatic heterocycles. The van der Waals surface area contributed by atoms with E-state index in [-0.39, 0.29) is 11.8 Å². The molecule has 1 fully saturated rings. The smallest absolute Gasteiger partial charge is 0.280 e. The maximum atomic E-state index is 14.0. The highest BCUT2D eigenvalue weighted by atomic mass is 31.2. The van der Waals surface area contributed by atoms with Crippen molar-refractivity contribution < 1.29 is 9.09 Å². The van der Waals surface area contributed by atoms with Crippen LogP contribution in [0.25, 0.3) is 0 Å². The summed E-state index contributed by atoms with van der Waals surface area (Å²) in [6.07, 6.45) is 1.70. The molecule has 0 aromatic heterocycles. The Morgan fingerprint density at radius 2 is 1.75 bits per heavy atom. The van der Waals surface area contributed by atoms with Gasteiger partial charge in [-0.2, -0.15) is 0 Å². The Morgan fingerprint density at radius 1 is 1.12 bits per heavy atom. The minimum atomic E-state index is -2.94. The predicted molar refractivity (Wildman–Crippen MR) is 99.3 cm³/mol. The molecule has 3 rings (SSSR count). The SMILES string of the molecule is CCN1CC[C@H](C)O[P@]1(=O)[C@@H](Cc1ccccc1)c1ccccc1. The molecule has 1 aliphatic rings. The van der Waals surface area contributed by atoms with E-state index in [0.29, 0.717) is 0 Å². The minimum Gasteiger partial charge on any atom is -0.314 e. The first kappa shape index (κ1) is 17.4. The topological polar surface area (TPSA) is 29.5 Å². The summed E-state index contributed by atoms with van der Waals surface area (Å²) in [6, 6.07) is 20.5. The molecule has 3 atom stereocenters. The molecule has 128 valence electrons. The van der Waals surface area contributed by atoms with Gasteiger partial charge in [0.1, 0.15) is 0 Å². The fraction of sp³-hybridized carbons (Fsp3) is 0.400. The molecule has 4 heteroatoms. The highest BCUT2D eigenvalue weighted by Gasteiger charge is 2.44. The zero-order chi connectivity index (χ0) is 17.0. The van der Waals surface area contributed by atoms with E-state index >= 15 is 0 Å². The first-order valence-electron chi connectivity index (χ1n) is 8.76. The second kappa shape index (κ2) is 7.65. The van der Waals surface area contributed by atoms with Gasteiger partial charge in [-0.1, -0.05) is 67.6 Å². The summed E-state index contributed by atoms with van der Waals surface area (Å²) in [5.41, 5.74) is 2.15. The van der Waals surface area contributed by atoms with E-state index in [9.17, 15) is 4.57 Å². The van der Waals surface area contributed by atoms with Crippen LogP contribution in [0.2, 0.25) is 0 Å². The van der Waals surface area contributed by atoms with Crippen molar-refractivity contribution in [3.8, 4) is 0 Å². The molecule has 0 unspecified atom stereocenters. The Labute approximate surface area is 145 Å². The number of benzene rings is 2. The summed E-state index contributed by atoms with van der Waals surface area (Å²) in [4.78, 5) is 0. The standard InChI is InChI=1S/C20H26NO2P/c1-3-21-15-14-17(2)23-24(21,22)20(19-12-8-5-9-13-19)16-18-10-6-4-7-11-18/h4-13,17,20H,3,14-16H2,1-2H3/t17-,20-,24+/m0/s1. The largest absolute Gasteiger partial charge is 0.314 e. The van der Waals surface area contributed by atoms with Gasteiger partial charge in [0.15, 0.2) is 0 Å². The molecule has 24 heavy (non-hydrogen) atoms. The molecule has 1 heterocycles. The molecule has 0 aliphatic carbocycles. The van der Waals surface area contributed by atoms with Gasteiger partial charge < -0.3 is 4.52 Å². The molecule has 1 saturated heterocycles. The van der Waals surface area contributed by atoms with Gasteiger partial charge in [-0.05, 0) is 30.9 Å². The van der Waals surface area contributed by atoms with Crippen LogP contribution in [0.4, 0.5) is 0 Å². The maximum absolute atomic E-state index is 14.0. The van der Waals surface area contributed by atoms with Crippen LogP contribution in [-0.2, 0) is 15.5 Å². The first-order chi connectivity index (χ1) is 11.6. The van der Waals surface area contributed by atoms with Crippen molar-refractivity contribution in [2.75, 3.05) is 13.1 Å². The van der Waals surface area contributed by atoms with E-state index in [1.54, 1.807) is 0 Å². The molecule has 0 spiro atoms. The molecule has 0 bridgehead atoms. The first-order valence-corrected chi connectivity index (χ1v) is 10.4. The number of hydrogen-bond acceptors (Lipinski definition) is 2. The van der Waals surface area contributed by atoms with Crippen molar-refractivity contribution in [2.24, 2.45) is 0 Å². The zero-order valence-corrected chi connectivity index (χ0v) is 15.4.